The van der Waals surface area contributed by atoms with Gasteiger partial charge < -0.3 is 4.57 Å². The lowest BCUT2D eigenvalue weighted by Crippen LogP contribution is -1.89. The van der Waals surface area contributed by atoms with E-state index >= 15 is 0 Å². The summed E-state index contributed by atoms with van der Waals surface area (Å²) in [6, 6.07) is 8.66. The van der Waals surface area contributed by atoms with Crippen molar-refractivity contribution in [1.82, 2.24) is 4.57 Å². The number of aromatic nitrogens is 1. The van der Waals surface area contributed by atoms with Crippen molar-refractivity contribution in [3.05, 3.63) is 30.5 Å². The standard InChI is InChI=1S/C13H17NS/c1-3-9-15-13-10-14(4-2)12-8-6-5-7-11(12)13/h5-8,10H,3-4,9H2,1-2H3. The fraction of sp³-hybridized carbons (Fsp3) is 0.385. The van der Waals surface area contributed by atoms with Gasteiger partial charge in [0, 0.05) is 28.5 Å². The molecule has 0 atom stereocenters. The number of hydrogen-bond donors (Lipinski definition) is 0. The monoisotopic (exact) mass is 219 g/mol. The molecular formula is C13H17NS. The van der Waals surface area contributed by atoms with Crippen molar-refractivity contribution in [3.8, 4) is 0 Å². The van der Waals surface area contributed by atoms with Crippen LogP contribution in [0.15, 0.2) is 35.4 Å². The highest BCUT2D eigenvalue weighted by atomic mass is 32.2. The molecule has 0 fully saturated rings. The van der Waals surface area contributed by atoms with Gasteiger partial charge in [-0.3, -0.25) is 0 Å². The maximum absolute atomic E-state index is 2.33. The lowest BCUT2D eigenvalue weighted by atomic mass is 10.2. The van der Waals surface area contributed by atoms with Crippen LogP contribution in [0.5, 0.6) is 0 Å². The number of para-hydroxylation sites is 1. The Balaban J connectivity index is 2.45. The molecule has 0 spiro atoms. The largest absolute Gasteiger partial charge is 0.347 e. The third-order valence-corrected chi connectivity index (χ3v) is 3.80. The molecule has 0 radical (unpaired) electrons. The molecule has 0 aliphatic rings. The fourth-order valence-electron chi connectivity index (χ4n) is 1.80. The van der Waals surface area contributed by atoms with Gasteiger partial charge in [0.05, 0.1) is 0 Å². The van der Waals surface area contributed by atoms with Crippen molar-refractivity contribution in [1.29, 1.82) is 0 Å². The Bertz CT molecular complexity index is 445. The summed E-state index contributed by atoms with van der Waals surface area (Å²) in [7, 11) is 0. The van der Waals surface area contributed by atoms with Gasteiger partial charge in [0.15, 0.2) is 0 Å². The molecule has 1 aromatic heterocycles. The molecule has 0 amide bonds. The number of aryl methyl sites for hydroxylation is 1. The van der Waals surface area contributed by atoms with Crippen molar-refractivity contribution < 1.29 is 0 Å². The number of benzene rings is 1. The van der Waals surface area contributed by atoms with Crippen LogP contribution in [0.25, 0.3) is 10.9 Å². The van der Waals surface area contributed by atoms with Gasteiger partial charge in [0.25, 0.3) is 0 Å². The molecule has 0 unspecified atom stereocenters. The first-order valence-corrected chi connectivity index (χ1v) is 6.56. The molecule has 2 aromatic rings. The van der Waals surface area contributed by atoms with Crippen molar-refractivity contribution >= 4 is 22.7 Å². The normalized spacial score (nSPS) is 11.1. The Morgan fingerprint density at radius 2 is 2.00 bits per heavy atom. The summed E-state index contributed by atoms with van der Waals surface area (Å²) in [6.45, 7) is 5.47. The predicted octanol–water partition coefficient (Wildman–Crippen LogP) is 4.16. The average Bonchev–Trinajstić information content (AvgIpc) is 2.65. The molecule has 0 N–H and O–H groups in total. The van der Waals surface area contributed by atoms with Crippen LogP contribution in [0.3, 0.4) is 0 Å². The van der Waals surface area contributed by atoms with Gasteiger partial charge in [0.1, 0.15) is 0 Å². The molecule has 1 heterocycles. The number of fused-ring (bicyclic) bond motifs is 1. The van der Waals surface area contributed by atoms with Crippen LogP contribution in [0, 0.1) is 0 Å². The first kappa shape index (κ1) is 10.6. The quantitative estimate of drug-likeness (QED) is 0.699. The predicted molar refractivity (Wildman–Crippen MR) is 68.6 cm³/mol. The summed E-state index contributed by atoms with van der Waals surface area (Å²) < 4.78 is 2.33. The van der Waals surface area contributed by atoms with Gasteiger partial charge in [-0.2, -0.15) is 0 Å². The van der Waals surface area contributed by atoms with Crippen LogP contribution < -0.4 is 0 Å². The smallest absolute Gasteiger partial charge is 0.0491 e. The van der Waals surface area contributed by atoms with E-state index in [1.54, 1.807) is 0 Å². The van der Waals surface area contributed by atoms with E-state index in [1.807, 2.05) is 11.8 Å². The fourth-order valence-corrected chi connectivity index (χ4v) is 2.76. The molecule has 80 valence electrons. The molecule has 0 aliphatic heterocycles. The number of thioether (sulfide) groups is 1. The van der Waals surface area contributed by atoms with Crippen molar-refractivity contribution in [2.45, 2.75) is 31.7 Å². The van der Waals surface area contributed by atoms with E-state index in [1.165, 1.54) is 28.0 Å². The van der Waals surface area contributed by atoms with Gasteiger partial charge >= 0.3 is 0 Å². The minimum atomic E-state index is 1.05. The number of nitrogens with zero attached hydrogens (tertiary/aromatic N) is 1. The van der Waals surface area contributed by atoms with E-state index in [9.17, 15) is 0 Å². The second kappa shape index (κ2) is 4.75. The molecule has 2 heteroatoms. The minimum Gasteiger partial charge on any atom is -0.347 e. The molecular weight excluding hydrogens is 202 g/mol. The van der Waals surface area contributed by atoms with Crippen LogP contribution >= 0.6 is 11.8 Å². The lowest BCUT2D eigenvalue weighted by molar-refractivity contribution is 0.792. The number of rotatable bonds is 4. The average molecular weight is 219 g/mol. The van der Waals surface area contributed by atoms with E-state index in [2.05, 4.69) is 48.9 Å². The highest BCUT2D eigenvalue weighted by molar-refractivity contribution is 7.99. The maximum atomic E-state index is 2.33. The molecule has 0 bridgehead atoms. The van der Waals surface area contributed by atoms with Crippen molar-refractivity contribution in [2.75, 3.05) is 5.75 Å². The molecule has 2 rings (SSSR count). The summed E-state index contributed by atoms with van der Waals surface area (Å²) in [4.78, 5) is 1.43. The summed E-state index contributed by atoms with van der Waals surface area (Å²) in [6.07, 6.45) is 3.52. The molecule has 15 heavy (non-hydrogen) atoms. The van der Waals surface area contributed by atoms with Gasteiger partial charge in [-0.05, 0) is 25.2 Å². The molecule has 1 nitrogen and oxygen atoms in total. The van der Waals surface area contributed by atoms with Gasteiger partial charge in [-0.15, -0.1) is 11.8 Å². The SMILES string of the molecule is CCCSc1cn(CC)c2ccccc12. The topological polar surface area (TPSA) is 4.93 Å². The summed E-state index contributed by atoms with van der Waals surface area (Å²) in [5, 5.41) is 1.40. The molecule has 1 aromatic carbocycles. The van der Waals surface area contributed by atoms with E-state index in [4.69, 9.17) is 0 Å². The summed E-state index contributed by atoms with van der Waals surface area (Å²) in [5.74, 6) is 1.21. The van der Waals surface area contributed by atoms with Gasteiger partial charge in [-0.25, -0.2) is 0 Å². The third kappa shape index (κ3) is 2.05. The van der Waals surface area contributed by atoms with E-state index < -0.39 is 0 Å². The zero-order valence-electron chi connectivity index (χ0n) is 9.36. The minimum absolute atomic E-state index is 1.05. The highest BCUT2D eigenvalue weighted by Crippen LogP contribution is 2.30. The zero-order chi connectivity index (χ0) is 10.7. The zero-order valence-corrected chi connectivity index (χ0v) is 10.2. The Labute approximate surface area is 95.5 Å². The van der Waals surface area contributed by atoms with Crippen molar-refractivity contribution in [3.63, 3.8) is 0 Å². The molecule has 0 saturated heterocycles. The van der Waals surface area contributed by atoms with Crippen LogP contribution in [0.4, 0.5) is 0 Å². The van der Waals surface area contributed by atoms with Crippen LogP contribution in [0.1, 0.15) is 20.3 Å². The van der Waals surface area contributed by atoms with Crippen molar-refractivity contribution in [2.24, 2.45) is 0 Å². The summed E-state index contributed by atoms with van der Waals surface area (Å²) >= 11 is 1.97. The van der Waals surface area contributed by atoms with E-state index in [-0.39, 0.29) is 0 Å². The van der Waals surface area contributed by atoms with Crippen LogP contribution in [0.2, 0.25) is 0 Å². The second-order valence-corrected chi connectivity index (χ2v) is 4.78. The Morgan fingerprint density at radius 3 is 2.73 bits per heavy atom. The maximum Gasteiger partial charge on any atom is 0.0491 e. The van der Waals surface area contributed by atoms with E-state index in [0.717, 1.165) is 6.54 Å². The lowest BCUT2D eigenvalue weighted by Gasteiger charge is -1.97. The van der Waals surface area contributed by atoms with Gasteiger partial charge in [0.2, 0.25) is 0 Å². The van der Waals surface area contributed by atoms with Gasteiger partial charge in [-0.1, -0.05) is 25.1 Å². The Morgan fingerprint density at radius 1 is 1.20 bits per heavy atom. The van der Waals surface area contributed by atoms with Crippen LogP contribution in [-0.2, 0) is 6.54 Å². The summed E-state index contributed by atoms with van der Waals surface area (Å²) in [5.41, 5.74) is 1.36. The Hall–Kier alpha value is -0.890. The Kier molecular flexibility index (Phi) is 3.37. The van der Waals surface area contributed by atoms with Crippen LogP contribution in [-0.4, -0.2) is 10.3 Å². The first-order valence-electron chi connectivity index (χ1n) is 5.57. The molecule has 0 aliphatic carbocycles. The highest BCUT2D eigenvalue weighted by Gasteiger charge is 2.06. The first-order chi connectivity index (χ1) is 7.36. The second-order valence-electron chi connectivity index (χ2n) is 3.64. The molecule has 0 saturated carbocycles. The third-order valence-electron chi connectivity index (χ3n) is 2.55. The number of hydrogen-bond acceptors (Lipinski definition) is 1. The van der Waals surface area contributed by atoms with E-state index in [0.29, 0.717) is 0 Å².